The predicted octanol–water partition coefficient (Wildman–Crippen LogP) is 3.76. The fourth-order valence-electron chi connectivity index (χ4n) is 3.25. The minimum Gasteiger partial charge on any atom is -0.403 e. The van der Waals surface area contributed by atoms with E-state index in [1.807, 2.05) is 0 Å². The van der Waals surface area contributed by atoms with Crippen molar-refractivity contribution in [3.8, 4) is 0 Å². The lowest BCUT2D eigenvalue weighted by atomic mass is 9.66. The Kier molecular flexibility index (Phi) is 3.83. The zero-order chi connectivity index (χ0) is 15.3. The van der Waals surface area contributed by atoms with Crippen molar-refractivity contribution in [1.29, 1.82) is 0 Å². The van der Waals surface area contributed by atoms with E-state index in [9.17, 15) is 0 Å². The number of allylic oxidation sites excluding steroid dienone is 4. The van der Waals surface area contributed by atoms with Crippen molar-refractivity contribution in [2.24, 2.45) is 5.92 Å². The maximum Gasteiger partial charge on any atom is 0.465 e. The third-order valence-corrected chi connectivity index (χ3v) is 5.68. The molecule has 1 saturated carbocycles. The molecule has 2 aliphatic carbocycles. The summed E-state index contributed by atoms with van der Waals surface area (Å²) >= 11 is 0. The minimum absolute atomic E-state index is 0.128. The number of hydrogen-bond acceptors (Lipinski definition) is 3. The zero-order valence-electron chi connectivity index (χ0n) is 13.9. The minimum atomic E-state index is -0.241. The summed E-state index contributed by atoms with van der Waals surface area (Å²) in [7, 11) is 1.68. The van der Waals surface area contributed by atoms with Crippen LogP contribution < -0.4 is 0 Å². The highest BCUT2D eigenvalue weighted by molar-refractivity contribution is 6.48. The second kappa shape index (κ2) is 5.25. The molecule has 0 aromatic rings. The molecule has 4 heteroatoms. The van der Waals surface area contributed by atoms with Crippen LogP contribution in [0.25, 0.3) is 0 Å². The highest BCUT2D eigenvalue weighted by Crippen LogP contribution is 2.44. The summed E-state index contributed by atoms with van der Waals surface area (Å²) in [5, 5.41) is 0. The normalized spacial score (nSPS) is 37.3. The van der Waals surface area contributed by atoms with Crippen molar-refractivity contribution in [3.63, 3.8) is 0 Å². The van der Waals surface area contributed by atoms with E-state index in [2.05, 4.69) is 45.9 Å². The first-order valence-corrected chi connectivity index (χ1v) is 8.09. The van der Waals surface area contributed by atoms with Gasteiger partial charge in [0.1, 0.15) is 0 Å². The molecule has 0 bridgehead atoms. The van der Waals surface area contributed by atoms with Gasteiger partial charge >= 0.3 is 7.12 Å². The van der Waals surface area contributed by atoms with Gasteiger partial charge in [-0.2, -0.15) is 0 Å². The molecule has 1 aliphatic heterocycles. The molecule has 2 fully saturated rings. The van der Waals surface area contributed by atoms with Crippen molar-refractivity contribution < 1.29 is 14.0 Å². The summed E-state index contributed by atoms with van der Waals surface area (Å²) in [6, 6.07) is 0. The lowest BCUT2D eigenvalue weighted by Gasteiger charge is -2.36. The molecule has 0 spiro atoms. The molecule has 0 N–H and O–H groups in total. The summed E-state index contributed by atoms with van der Waals surface area (Å²) in [4.78, 5) is 0. The second-order valence-electron chi connectivity index (χ2n) is 7.61. The summed E-state index contributed by atoms with van der Waals surface area (Å²) < 4.78 is 17.7. The van der Waals surface area contributed by atoms with E-state index in [-0.39, 0.29) is 18.3 Å². The molecule has 21 heavy (non-hydrogen) atoms. The van der Waals surface area contributed by atoms with E-state index in [1.165, 1.54) is 5.57 Å². The van der Waals surface area contributed by atoms with Crippen molar-refractivity contribution >= 4 is 7.12 Å². The van der Waals surface area contributed by atoms with Crippen LogP contribution in [0.5, 0.6) is 0 Å². The van der Waals surface area contributed by atoms with Crippen LogP contribution in [0.2, 0.25) is 5.82 Å². The van der Waals surface area contributed by atoms with Crippen molar-refractivity contribution in [1.82, 2.24) is 0 Å². The van der Waals surface area contributed by atoms with Crippen LogP contribution in [-0.4, -0.2) is 31.5 Å². The smallest absolute Gasteiger partial charge is 0.403 e. The molecule has 1 heterocycles. The molecule has 0 radical (unpaired) electrons. The Morgan fingerprint density at radius 1 is 1.14 bits per heavy atom. The van der Waals surface area contributed by atoms with E-state index >= 15 is 0 Å². The van der Waals surface area contributed by atoms with Gasteiger partial charge in [-0.05, 0) is 58.4 Å². The summed E-state index contributed by atoms with van der Waals surface area (Å²) in [6.45, 7) is 8.44. The third kappa shape index (κ3) is 2.74. The van der Waals surface area contributed by atoms with Gasteiger partial charge in [-0.15, -0.1) is 0 Å². The molecule has 0 amide bonds. The van der Waals surface area contributed by atoms with E-state index in [1.54, 1.807) is 7.11 Å². The lowest BCUT2D eigenvalue weighted by Crippen LogP contribution is -2.41. The van der Waals surface area contributed by atoms with Crippen molar-refractivity contribution in [2.45, 2.75) is 70.1 Å². The average Bonchev–Trinajstić information content (AvgIpc) is 2.58. The van der Waals surface area contributed by atoms with Crippen LogP contribution in [0.1, 0.15) is 47.0 Å². The van der Waals surface area contributed by atoms with Gasteiger partial charge in [0.05, 0.1) is 17.3 Å². The number of ether oxygens (including phenoxy) is 1. The largest absolute Gasteiger partial charge is 0.465 e. The monoisotopic (exact) mass is 290 g/mol. The van der Waals surface area contributed by atoms with Gasteiger partial charge < -0.3 is 14.0 Å². The lowest BCUT2D eigenvalue weighted by molar-refractivity contribution is 0.00578. The van der Waals surface area contributed by atoms with Gasteiger partial charge in [0.25, 0.3) is 0 Å². The van der Waals surface area contributed by atoms with Crippen molar-refractivity contribution in [2.75, 3.05) is 7.11 Å². The fourth-order valence-corrected chi connectivity index (χ4v) is 3.25. The summed E-state index contributed by atoms with van der Waals surface area (Å²) in [6.07, 6.45) is 10.7. The first kappa shape index (κ1) is 15.3. The highest BCUT2D eigenvalue weighted by atomic mass is 16.7. The number of rotatable bonds is 3. The van der Waals surface area contributed by atoms with Crippen LogP contribution in [0.4, 0.5) is 0 Å². The Bertz CT molecular complexity index is 445. The number of methoxy groups -OCH3 is 1. The van der Waals surface area contributed by atoms with Crippen LogP contribution >= 0.6 is 0 Å². The molecular formula is C17H27BO3. The van der Waals surface area contributed by atoms with E-state index in [0.717, 1.165) is 19.3 Å². The Morgan fingerprint density at radius 3 is 2.24 bits per heavy atom. The predicted molar refractivity (Wildman–Crippen MR) is 85.2 cm³/mol. The molecule has 3 aliphatic rings. The molecule has 3 nitrogen and oxygen atoms in total. The van der Waals surface area contributed by atoms with Gasteiger partial charge in [0.15, 0.2) is 0 Å². The summed E-state index contributed by atoms with van der Waals surface area (Å²) in [5.41, 5.74) is 0.987. The molecule has 3 rings (SSSR count). The van der Waals surface area contributed by atoms with Crippen LogP contribution in [0.3, 0.4) is 0 Å². The highest BCUT2D eigenvalue weighted by Gasteiger charge is 2.53. The standard InChI is InChI=1S/C17H27BO3/c1-16(2)17(3,4)21-18(20-16)14-8-6-12(7-9-14)13-10-15(11-13)19-5/h6-8,13-15H,9-11H2,1-5H3. The van der Waals surface area contributed by atoms with Crippen LogP contribution in [-0.2, 0) is 14.0 Å². The average molecular weight is 290 g/mol. The topological polar surface area (TPSA) is 27.7 Å². The molecule has 0 aromatic carbocycles. The van der Waals surface area contributed by atoms with Crippen LogP contribution in [0, 0.1) is 5.92 Å². The van der Waals surface area contributed by atoms with Gasteiger partial charge in [0.2, 0.25) is 0 Å². The van der Waals surface area contributed by atoms with Crippen LogP contribution in [0.15, 0.2) is 23.8 Å². The molecule has 1 unspecified atom stereocenters. The Balaban J connectivity index is 1.58. The maximum absolute atomic E-state index is 6.15. The van der Waals surface area contributed by atoms with E-state index in [4.69, 9.17) is 14.0 Å². The number of hydrogen-bond donors (Lipinski definition) is 0. The van der Waals surface area contributed by atoms with Gasteiger partial charge in [-0.25, -0.2) is 0 Å². The van der Waals surface area contributed by atoms with E-state index in [0.29, 0.717) is 17.8 Å². The van der Waals surface area contributed by atoms with Gasteiger partial charge in [0, 0.05) is 12.9 Å². The Morgan fingerprint density at radius 2 is 1.76 bits per heavy atom. The maximum atomic E-state index is 6.15. The fraction of sp³-hybridized carbons (Fsp3) is 0.765. The second-order valence-corrected chi connectivity index (χ2v) is 7.61. The first-order valence-electron chi connectivity index (χ1n) is 8.09. The molecule has 1 saturated heterocycles. The summed E-state index contributed by atoms with van der Waals surface area (Å²) in [5.74, 6) is 1.01. The SMILES string of the molecule is COC1CC(C2=CCC(B3OC(C)(C)C(C)(C)O3)C=C2)C1. The Hall–Kier alpha value is -0.575. The Labute approximate surface area is 128 Å². The quantitative estimate of drug-likeness (QED) is 0.741. The third-order valence-electron chi connectivity index (χ3n) is 5.68. The zero-order valence-corrected chi connectivity index (χ0v) is 13.9. The van der Waals surface area contributed by atoms with Crippen molar-refractivity contribution in [3.05, 3.63) is 23.8 Å². The molecular weight excluding hydrogens is 263 g/mol. The van der Waals surface area contributed by atoms with Gasteiger partial charge in [-0.1, -0.05) is 18.2 Å². The van der Waals surface area contributed by atoms with Gasteiger partial charge in [-0.3, -0.25) is 0 Å². The molecule has 116 valence electrons. The molecule has 0 aromatic heterocycles. The first-order chi connectivity index (χ1) is 9.82. The van der Waals surface area contributed by atoms with E-state index < -0.39 is 0 Å². The molecule has 1 atom stereocenters.